The molecule has 0 spiro atoms. The first-order valence-electron chi connectivity index (χ1n) is 12.4. The van der Waals surface area contributed by atoms with Crippen LogP contribution in [0.2, 0.25) is 0 Å². The molecule has 0 unspecified atom stereocenters. The standard InChI is InChI=1S/C29H33NO3/c1-18-4-6-19(7-5-18)26-17-27(33-30-26)29(31)15-13-25-24-10-8-20-16-21(32-3)9-11-22(20)23(24)12-14-28(25,29)2/h4-7,9,11,16-17,23-25,31H,8,10,12-15H2,1-3H3/t23-,24-,25+,28+,29-/m1/s1. The first kappa shape index (κ1) is 21.0. The maximum Gasteiger partial charge on any atom is 0.169 e. The third-order valence-electron chi connectivity index (χ3n) is 9.35. The van der Waals surface area contributed by atoms with E-state index in [0.29, 0.717) is 23.5 Å². The molecule has 0 saturated heterocycles. The zero-order chi connectivity index (χ0) is 22.8. The zero-order valence-electron chi connectivity index (χ0n) is 19.8. The van der Waals surface area contributed by atoms with Crippen molar-refractivity contribution >= 4 is 0 Å². The van der Waals surface area contributed by atoms with E-state index in [9.17, 15) is 5.11 Å². The minimum absolute atomic E-state index is 0.192. The van der Waals surface area contributed by atoms with Crippen molar-refractivity contribution in [3.8, 4) is 17.0 Å². The number of aromatic nitrogens is 1. The second-order valence-corrected chi connectivity index (χ2v) is 10.8. The topological polar surface area (TPSA) is 55.5 Å². The van der Waals surface area contributed by atoms with Gasteiger partial charge < -0.3 is 14.4 Å². The van der Waals surface area contributed by atoms with Crippen LogP contribution in [0.3, 0.4) is 0 Å². The average Bonchev–Trinajstić information content (AvgIpc) is 3.43. The molecule has 33 heavy (non-hydrogen) atoms. The van der Waals surface area contributed by atoms with Crippen molar-refractivity contribution < 1.29 is 14.4 Å². The Kier molecular flexibility index (Phi) is 4.74. The number of rotatable bonds is 3. The maximum absolute atomic E-state index is 12.1. The molecule has 1 heterocycles. The van der Waals surface area contributed by atoms with Crippen LogP contribution in [0.4, 0.5) is 0 Å². The van der Waals surface area contributed by atoms with E-state index >= 15 is 0 Å². The van der Waals surface area contributed by atoms with Gasteiger partial charge in [-0.3, -0.25) is 0 Å². The molecule has 3 aliphatic carbocycles. The molecule has 0 amide bonds. The number of fused-ring (bicyclic) bond motifs is 5. The number of ether oxygens (including phenoxy) is 1. The van der Waals surface area contributed by atoms with Crippen molar-refractivity contribution in [3.05, 3.63) is 71.0 Å². The van der Waals surface area contributed by atoms with Crippen LogP contribution in [0.15, 0.2) is 53.1 Å². The van der Waals surface area contributed by atoms with Gasteiger partial charge in [0.1, 0.15) is 17.0 Å². The fourth-order valence-electron chi connectivity index (χ4n) is 7.44. The van der Waals surface area contributed by atoms with Gasteiger partial charge in [-0.15, -0.1) is 0 Å². The molecule has 3 aromatic rings. The molecular weight excluding hydrogens is 410 g/mol. The molecular formula is C29H33NO3. The molecule has 0 aliphatic heterocycles. The normalized spacial score (nSPS) is 32.7. The summed E-state index contributed by atoms with van der Waals surface area (Å²) in [6.07, 6.45) is 6.18. The van der Waals surface area contributed by atoms with E-state index < -0.39 is 5.60 Å². The predicted molar refractivity (Wildman–Crippen MR) is 128 cm³/mol. The van der Waals surface area contributed by atoms with Gasteiger partial charge in [-0.2, -0.15) is 0 Å². The van der Waals surface area contributed by atoms with Crippen LogP contribution < -0.4 is 4.74 Å². The highest BCUT2D eigenvalue weighted by atomic mass is 16.5. The van der Waals surface area contributed by atoms with Gasteiger partial charge in [-0.1, -0.05) is 48.0 Å². The van der Waals surface area contributed by atoms with Crippen molar-refractivity contribution in [2.75, 3.05) is 7.11 Å². The number of hydrogen-bond acceptors (Lipinski definition) is 4. The van der Waals surface area contributed by atoms with E-state index in [-0.39, 0.29) is 5.41 Å². The number of benzene rings is 2. The number of aliphatic hydroxyl groups is 1. The molecule has 3 aliphatic rings. The molecule has 1 aromatic heterocycles. The fraction of sp³-hybridized carbons (Fsp3) is 0.483. The zero-order valence-corrected chi connectivity index (χ0v) is 19.8. The van der Waals surface area contributed by atoms with Crippen LogP contribution >= 0.6 is 0 Å². The highest BCUT2D eigenvalue weighted by molar-refractivity contribution is 5.59. The van der Waals surface area contributed by atoms with Gasteiger partial charge in [-0.05, 0) is 86.5 Å². The van der Waals surface area contributed by atoms with Crippen molar-refractivity contribution in [1.82, 2.24) is 5.16 Å². The van der Waals surface area contributed by atoms with Gasteiger partial charge in [0, 0.05) is 17.0 Å². The Morgan fingerprint density at radius 1 is 1.03 bits per heavy atom. The van der Waals surface area contributed by atoms with Crippen molar-refractivity contribution in [3.63, 3.8) is 0 Å². The number of hydrogen-bond donors (Lipinski definition) is 1. The highest BCUT2D eigenvalue weighted by Gasteiger charge is 2.63. The third-order valence-corrected chi connectivity index (χ3v) is 9.35. The Bertz CT molecular complexity index is 1180. The lowest BCUT2D eigenvalue weighted by atomic mass is 9.53. The Balaban J connectivity index is 1.31. The average molecular weight is 444 g/mol. The Morgan fingerprint density at radius 3 is 2.64 bits per heavy atom. The van der Waals surface area contributed by atoms with E-state index in [4.69, 9.17) is 9.26 Å². The van der Waals surface area contributed by atoms with Crippen molar-refractivity contribution in [2.45, 2.75) is 63.9 Å². The van der Waals surface area contributed by atoms with Gasteiger partial charge in [0.2, 0.25) is 0 Å². The summed E-state index contributed by atoms with van der Waals surface area (Å²) in [6.45, 7) is 4.38. The maximum atomic E-state index is 12.1. The summed E-state index contributed by atoms with van der Waals surface area (Å²) in [4.78, 5) is 0. The summed E-state index contributed by atoms with van der Waals surface area (Å²) < 4.78 is 11.3. The van der Waals surface area contributed by atoms with E-state index in [0.717, 1.165) is 49.1 Å². The summed E-state index contributed by atoms with van der Waals surface area (Å²) in [5.74, 6) is 3.28. The monoisotopic (exact) mass is 443 g/mol. The van der Waals surface area contributed by atoms with Crippen LogP contribution in [0.5, 0.6) is 5.75 Å². The van der Waals surface area contributed by atoms with E-state index in [1.807, 2.05) is 6.07 Å². The molecule has 2 saturated carbocycles. The van der Waals surface area contributed by atoms with Gasteiger partial charge in [0.25, 0.3) is 0 Å². The molecule has 4 heteroatoms. The fourth-order valence-corrected chi connectivity index (χ4v) is 7.44. The Hall–Kier alpha value is -2.59. The molecule has 172 valence electrons. The SMILES string of the molecule is COc1ccc2c(c1)CC[C@@H]1[C@@H]2CC[C@@]2(C)[C@H]1CC[C@@]2(O)c1cc(-c2ccc(C)cc2)no1. The largest absolute Gasteiger partial charge is 0.497 e. The van der Waals surface area contributed by atoms with Gasteiger partial charge in [-0.25, -0.2) is 0 Å². The number of nitrogens with zero attached hydrogens (tertiary/aromatic N) is 1. The summed E-state index contributed by atoms with van der Waals surface area (Å²) in [5.41, 5.74) is 4.86. The smallest absolute Gasteiger partial charge is 0.169 e. The molecule has 5 atom stereocenters. The second kappa shape index (κ2) is 7.46. The van der Waals surface area contributed by atoms with Crippen molar-refractivity contribution in [1.29, 1.82) is 0 Å². The summed E-state index contributed by atoms with van der Waals surface area (Å²) >= 11 is 0. The lowest BCUT2D eigenvalue weighted by Crippen LogP contribution is -2.49. The lowest BCUT2D eigenvalue weighted by molar-refractivity contribution is -0.122. The summed E-state index contributed by atoms with van der Waals surface area (Å²) in [5, 5.41) is 16.5. The molecule has 6 rings (SSSR count). The second-order valence-electron chi connectivity index (χ2n) is 10.8. The van der Waals surface area contributed by atoms with Crippen LogP contribution in [-0.2, 0) is 12.0 Å². The minimum atomic E-state index is -0.960. The summed E-state index contributed by atoms with van der Waals surface area (Å²) in [6, 6.07) is 16.9. The van der Waals surface area contributed by atoms with E-state index in [1.54, 1.807) is 7.11 Å². The van der Waals surface area contributed by atoms with Crippen LogP contribution in [0.25, 0.3) is 11.3 Å². The molecule has 2 aromatic carbocycles. The van der Waals surface area contributed by atoms with Gasteiger partial charge >= 0.3 is 0 Å². The van der Waals surface area contributed by atoms with Gasteiger partial charge in [0.05, 0.1) is 7.11 Å². The van der Waals surface area contributed by atoms with Crippen molar-refractivity contribution in [2.24, 2.45) is 17.3 Å². The van der Waals surface area contributed by atoms with E-state index in [2.05, 4.69) is 61.5 Å². The quantitative estimate of drug-likeness (QED) is 0.509. The molecule has 1 N–H and O–H groups in total. The number of methoxy groups -OCH3 is 1. The highest BCUT2D eigenvalue weighted by Crippen LogP contribution is 2.67. The van der Waals surface area contributed by atoms with Gasteiger partial charge in [0.15, 0.2) is 5.76 Å². The van der Waals surface area contributed by atoms with Crippen LogP contribution in [0, 0.1) is 24.2 Å². The Labute approximate surface area is 196 Å². The first-order chi connectivity index (χ1) is 15.9. The van der Waals surface area contributed by atoms with E-state index in [1.165, 1.54) is 23.1 Å². The lowest BCUT2D eigenvalue weighted by Gasteiger charge is -2.52. The molecule has 0 radical (unpaired) electrons. The molecule has 2 fully saturated rings. The van der Waals surface area contributed by atoms with Crippen LogP contribution in [-0.4, -0.2) is 17.4 Å². The predicted octanol–water partition coefficient (Wildman–Crippen LogP) is 6.40. The Morgan fingerprint density at radius 2 is 1.85 bits per heavy atom. The molecule has 0 bridgehead atoms. The molecule has 4 nitrogen and oxygen atoms in total. The number of aryl methyl sites for hydroxylation is 2. The summed E-state index contributed by atoms with van der Waals surface area (Å²) in [7, 11) is 1.74. The minimum Gasteiger partial charge on any atom is -0.497 e. The first-order valence-corrected chi connectivity index (χ1v) is 12.4. The van der Waals surface area contributed by atoms with Crippen LogP contribution in [0.1, 0.15) is 67.4 Å². The third kappa shape index (κ3) is 3.03.